The Labute approximate surface area is 363 Å². The van der Waals surface area contributed by atoms with Crippen molar-refractivity contribution in [3.8, 4) is 0 Å². The van der Waals surface area contributed by atoms with Gasteiger partial charge in [0.1, 0.15) is 11.6 Å². The zero-order chi connectivity index (χ0) is 37.4. The predicted octanol–water partition coefficient (Wildman–Crippen LogP) is 3.60. The van der Waals surface area contributed by atoms with Gasteiger partial charge in [-0.05, 0) is 149 Å². The number of sulfone groups is 1. The molecule has 0 aliphatic heterocycles. The van der Waals surface area contributed by atoms with E-state index in [1.54, 1.807) is 45.2 Å². The third-order valence-electron chi connectivity index (χ3n) is 6.41. The number of carbonyl (C=O) groups excluding carboxylic acids is 6. The van der Waals surface area contributed by atoms with Crippen molar-refractivity contribution in [2.45, 2.75) is 39.5 Å². The maximum absolute atomic E-state index is 12.9. The molecule has 0 aliphatic carbocycles. The van der Waals surface area contributed by atoms with Gasteiger partial charge >= 0.3 is 0 Å². The van der Waals surface area contributed by atoms with Gasteiger partial charge in [-0.1, -0.05) is 0 Å². The van der Waals surface area contributed by atoms with Gasteiger partial charge in [0.2, 0.25) is 11.8 Å². The van der Waals surface area contributed by atoms with Crippen LogP contribution in [0.3, 0.4) is 0 Å². The smallest absolute Gasteiger partial charge is 0.225 e. The highest BCUT2D eigenvalue weighted by atomic mass is 127. The molecule has 0 unspecified atom stereocenters. The summed E-state index contributed by atoms with van der Waals surface area (Å²) in [5, 5.41) is 35.1. The minimum atomic E-state index is -3.94. The van der Waals surface area contributed by atoms with Crippen LogP contribution >= 0.6 is 136 Å². The molecule has 14 nitrogen and oxygen atoms in total. The van der Waals surface area contributed by atoms with Crippen molar-refractivity contribution in [2.75, 3.05) is 45.9 Å². The number of benzene rings is 2. The second-order valence-electron chi connectivity index (χ2n) is 10.2. The number of amides is 2. The van der Waals surface area contributed by atoms with Crippen LogP contribution in [0.15, 0.2) is 0 Å². The summed E-state index contributed by atoms with van der Waals surface area (Å²) in [4.78, 5) is 72.4. The molecule has 0 aromatic heterocycles. The van der Waals surface area contributed by atoms with Crippen LogP contribution in [0.5, 0.6) is 0 Å². The van der Waals surface area contributed by atoms with E-state index in [9.17, 15) is 47.4 Å². The number of anilines is 4. The normalized spacial score (nSPS) is 11.1. The summed E-state index contributed by atoms with van der Waals surface area (Å²) < 4.78 is 27.5. The van der Waals surface area contributed by atoms with Crippen LogP contribution in [0.2, 0.25) is 0 Å². The van der Waals surface area contributed by atoms with Gasteiger partial charge in [0, 0.05) is 64.2 Å². The van der Waals surface area contributed by atoms with E-state index in [4.69, 9.17) is 0 Å². The first-order valence-corrected chi connectivity index (χ1v) is 22.1. The van der Waals surface area contributed by atoms with Gasteiger partial charge in [-0.15, -0.1) is 0 Å². The number of aromatic carboxylic acids is 2. The first kappa shape index (κ1) is 44.7. The Bertz CT molecular complexity index is 1700. The molecule has 2 amide bonds. The number of rotatable bonds is 18. The van der Waals surface area contributed by atoms with Crippen LogP contribution in [0.1, 0.15) is 60.2 Å². The molecule has 0 fully saturated rings. The fourth-order valence-corrected chi connectivity index (χ4v) is 13.7. The Morgan fingerprint density at radius 2 is 0.837 bits per heavy atom. The minimum Gasteiger partial charge on any atom is -0.545 e. The van der Waals surface area contributed by atoms with Crippen LogP contribution in [-0.2, 0) is 29.0 Å². The number of carbonyl (C=O) groups is 6. The van der Waals surface area contributed by atoms with Gasteiger partial charge < -0.3 is 41.1 Å². The summed E-state index contributed by atoms with van der Waals surface area (Å²) in [6.07, 6.45) is -0.623. The summed E-state index contributed by atoms with van der Waals surface area (Å²) in [6.45, 7) is 3.26. The van der Waals surface area contributed by atoms with E-state index in [1.807, 2.05) is 90.4 Å². The molecule has 0 saturated carbocycles. The van der Waals surface area contributed by atoms with Crippen molar-refractivity contribution in [3.63, 3.8) is 0 Å². The van der Waals surface area contributed by atoms with Gasteiger partial charge in [0.15, 0.2) is 9.84 Å². The summed E-state index contributed by atoms with van der Waals surface area (Å²) in [6, 6.07) is 0. The molecule has 2 aromatic carbocycles. The quantitative estimate of drug-likeness (QED) is 0.157. The second kappa shape index (κ2) is 20.2. The number of Topliss-reactive ketones (excluding diaryl/α,β-unsaturated/α-hetero) is 2. The molecule has 2 aromatic rings. The van der Waals surface area contributed by atoms with Gasteiger partial charge in [0.25, 0.3) is 0 Å². The first-order chi connectivity index (χ1) is 22.7. The Morgan fingerprint density at radius 1 is 0.531 bits per heavy atom. The minimum absolute atomic E-state index is 0.0801. The van der Waals surface area contributed by atoms with Crippen LogP contribution in [0.25, 0.3) is 0 Å². The highest BCUT2D eigenvalue weighted by molar-refractivity contribution is 14.1. The van der Waals surface area contributed by atoms with Gasteiger partial charge in [-0.2, -0.15) is 0 Å². The van der Waals surface area contributed by atoms with Crippen molar-refractivity contribution in [2.24, 2.45) is 0 Å². The van der Waals surface area contributed by atoms with E-state index in [2.05, 4.69) is 21.3 Å². The molecule has 0 atom stereocenters. The molecular formula is C28H26I6N4O10S-2. The highest BCUT2D eigenvalue weighted by Gasteiger charge is 2.25. The van der Waals surface area contributed by atoms with Crippen molar-refractivity contribution in [3.05, 3.63) is 32.5 Å². The topological polar surface area (TPSA) is 231 Å². The Morgan fingerprint density at radius 3 is 1.12 bits per heavy atom. The van der Waals surface area contributed by atoms with E-state index < -0.39 is 57.9 Å². The average molecular weight is 1370 g/mol. The molecule has 268 valence electrons. The van der Waals surface area contributed by atoms with Crippen LogP contribution in [0, 0.1) is 21.4 Å². The first-order valence-electron chi connectivity index (χ1n) is 13.8. The fourth-order valence-electron chi connectivity index (χ4n) is 3.95. The molecular weight excluding hydrogens is 1350 g/mol. The molecule has 0 saturated heterocycles. The Kier molecular flexibility index (Phi) is 18.4. The number of hydrogen-bond donors (Lipinski definition) is 4. The molecule has 49 heavy (non-hydrogen) atoms. The molecule has 0 heterocycles. The Hall–Kier alpha value is -0.410. The number of carboxylic acid groups (broad SMARTS) is 2. The third-order valence-corrected chi connectivity index (χ3v) is 14.5. The van der Waals surface area contributed by atoms with Crippen molar-refractivity contribution in [1.82, 2.24) is 0 Å². The van der Waals surface area contributed by atoms with Gasteiger partial charge in [0.05, 0.1) is 53.3 Å². The van der Waals surface area contributed by atoms with Crippen molar-refractivity contribution >= 4 is 203 Å². The van der Waals surface area contributed by atoms with Crippen molar-refractivity contribution < 1.29 is 47.4 Å². The largest absolute Gasteiger partial charge is 0.545 e. The summed E-state index contributed by atoms with van der Waals surface area (Å²) in [7, 11) is -3.94. The monoisotopic (exact) mass is 1370 g/mol. The van der Waals surface area contributed by atoms with E-state index in [0.29, 0.717) is 25.7 Å². The number of ketones is 2. The van der Waals surface area contributed by atoms with E-state index in [-0.39, 0.29) is 67.1 Å². The van der Waals surface area contributed by atoms with Crippen LogP contribution < -0.4 is 31.5 Å². The Balaban J connectivity index is 2.17. The summed E-state index contributed by atoms with van der Waals surface area (Å²) >= 11 is 11.0. The fraction of sp³-hybridized carbons (Fsp3) is 0.357. The summed E-state index contributed by atoms with van der Waals surface area (Å²) in [5.74, 6) is -5.79. The highest BCUT2D eigenvalue weighted by Crippen LogP contribution is 2.40. The van der Waals surface area contributed by atoms with Crippen molar-refractivity contribution in [1.29, 1.82) is 0 Å². The SMILES string of the molecule is CC(=O)CCNc1c(I)c(NC(=O)CCS(=O)(=O)CCC(=O)Nc2c(I)c(NCCC(C)=O)c(I)c(C(=O)[O-])c2I)c(I)c(C(=O)[O-])c1I. The number of halogens is 6. The lowest BCUT2D eigenvalue weighted by molar-refractivity contribution is -0.256. The predicted molar refractivity (Wildman–Crippen MR) is 231 cm³/mol. The maximum atomic E-state index is 12.9. The third kappa shape index (κ3) is 12.9. The standard InChI is InChI=1S/C28H28I6N4O10S/c1-11(39)3-7-35-23-17(29)15(27(43)44)19(31)25(21(23)33)37-13(41)5-9-49(47,48)10-6-14(42)38-26-20(32)16(28(45)46)18(30)24(22(26)34)36-8-4-12(2)40/h35-36H,3-10H2,1-2H3,(H,37,41)(H,38,42)(H,43,44)(H,45,46)/p-2. The lowest BCUT2D eigenvalue weighted by Crippen LogP contribution is -2.28. The zero-order valence-corrected chi connectivity index (χ0v) is 39.2. The van der Waals surface area contributed by atoms with E-state index >= 15 is 0 Å². The van der Waals surface area contributed by atoms with Crippen LogP contribution in [-0.4, -0.2) is 68.3 Å². The number of nitrogens with one attached hydrogen (secondary N) is 4. The molecule has 21 heteroatoms. The maximum Gasteiger partial charge on any atom is 0.225 e. The van der Waals surface area contributed by atoms with E-state index in [0.717, 1.165) is 0 Å². The second-order valence-corrected chi connectivity index (χ2v) is 19.0. The molecule has 4 N–H and O–H groups in total. The van der Waals surface area contributed by atoms with Gasteiger partial charge in [-0.3, -0.25) is 19.2 Å². The van der Waals surface area contributed by atoms with Gasteiger partial charge in [-0.25, -0.2) is 8.42 Å². The molecule has 2 rings (SSSR count). The van der Waals surface area contributed by atoms with E-state index in [1.165, 1.54) is 13.8 Å². The number of hydrogen-bond acceptors (Lipinski definition) is 12. The molecule has 0 aliphatic rings. The van der Waals surface area contributed by atoms with Crippen LogP contribution in [0.4, 0.5) is 22.7 Å². The lowest BCUT2D eigenvalue weighted by Gasteiger charge is -2.21. The average Bonchev–Trinajstić information content (AvgIpc) is 2.98. The molecule has 0 bridgehead atoms. The molecule has 0 radical (unpaired) electrons. The summed E-state index contributed by atoms with van der Waals surface area (Å²) in [5.41, 5.74) is 0.674. The number of carboxylic acids is 2. The lowest BCUT2D eigenvalue weighted by atomic mass is 10.1. The zero-order valence-electron chi connectivity index (χ0n) is 25.4. The molecule has 0 spiro atoms.